The number of para-hydroxylation sites is 1. The fraction of sp³-hybridized carbons (Fsp3) is 0.238. The number of rotatable bonds is 3. The van der Waals surface area contributed by atoms with Crippen molar-refractivity contribution in [3.05, 3.63) is 77.2 Å². The maximum absolute atomic E-state index is 13.4. The first-order chi connectivity index (χ1) is 12.6. The zero-order chi connectivity index (χ0) is 18.3. The van der Waals surface area contributed by atoms with Gasteiger partial charge >= 0.3 is 0 Å². The molecule has 1 aromatic heterocycles. The van der Waals surface area contributed by atoms with Gasteiger partial charge in [0.05, 0.1) is 11.4 Å². The molecular formula is C21H20FN3O. The van der Waals surface area contributed by atoms with E-state index in [0.29, 0.717) is 13.0 Å². The van der Waals surface area contributed by atoms with E-state index in [0.717, 1.165) is 28.3 Å². The van der Waals surface area contributed by atoms with Gasteiger partial charge in [0, 0.05) is 24.4 Å². The summed E-state index contributed by atoms with van der Waals surface area (Å²) < 4.78 is 15.2. The zero-order valence-electron chi connectivity index (χ0n) is 14.8. The van der Waals surface area contributed by atoms with Crippen molar-refractivity contribution in [3.63, 3.8) is 0 Å². The van der Waals surface area contributed by atoms with Crippen LogP contribution in [0.15, 0.2) is 54.6 Å². The van der Waals surface area contributed by atoms with Crippen LogP contribution in [0.3, 0.4) is 0 Å². The van der Waals surface area contributed by atoms with E-state index in [-0.39, 0.29) is 17.6 Å². The number of aromatic nitrogens is 2. The van der Waals surface area contributed by atoms with Crippen LogP contribution in [0.4, 0.5) is 10.2 Å². The second kappa shape index (κ2) is 6.41. The molecule has 0 radical (unpaired) electrons. The Morgan fingerprint density at radius 1 is 1.12 bits per heavy atom. The van der Waals surface area contributed by atoms with Crippen LogP contribution in [0.25, 0.3) is 5.69 Å². The van der Waals surface area contributed by atoms with Gasteiger partial charge in [-0.2, -0.15) is 5.10 Å². The first kappa shape index (κ1) is 16.5. The zero-order valence-corrected chi connectivity index (χ0v) is 14.8. The fourth-order valence-corrected chi connectivity index (χ4v) is 3.75. The summed E-state index contributed by atoms with van der Waals surface area (Å²) in [5.41, 5.74) is 3.79. The standard InChI is InChI=1S/C21H20FN3O/c1-3-24-19(26)13-18(15-9-11-16(22)12-10-15)20-14(2)23-25(21(20)24)17-7-5-4-6-8-17/h4-12,18H,3,13H2,1-2H3/t18-/m0/s1. The molecule has 0 saturated heterocycles. The topological polar surface area (TPSA) is 38.1 Å². The summed E-state index contributed by atoms with van der Waals surface area (Å²) in [6.45, 7) is 4.52. The maximum Gasteiger partial charge on any atom is 0.229 e. The van der Waals surface area contributed by atoms with Crippen LogP contribution < -0.4 is 4.90 Å². The average molecular weight is 349 g/mol. The summed E-state index contributed by atoms with van der Waals surface area (Å²) in [7, 11) is 0. The highest BCUT2D eigenvalue weighted by molar-refractivity contribution is 5.97. The minimum Gasteiger partial charge on any atom is -0.297 e. The third-order valence-corrected chi connectivity index (χ3v) is 4.95. The van der Waals surface area contributed by atoms with Crippen molar-refractivity contribution in [2.45, 2.75) is 26.2 Å². The highest BCUT2D eigenvalue weighted by Crippen LogP contribution is 2.42. The van der Waals surface area contributed by atoms with Crippen molar-refractivity contribution in [1.82, 2.24) is 9.78 Å². The van der Waals surface area contributed by atoms with E-state index in [4.69, 9.17) is 5.10 Å². The molecule has 3 aromatic rings. The van der Waals surface area contributed by atoms with Crippen LogP contribution in [0.2, 0.25) is 0 Å². The third kappa shape index (κ3) is 2.60. The first-order valence-electron chi connectivity index (χ1n) is 8.81. The first-order valence-corrected chi connectivity index (χ1v) is 8.81. The van der Waals surface area contributed by atoms with Crippen molar-refractivity contribution in [2.75, 3.05) is 11.4 Å². The molecule has 0 unspecified atom stereocenters. The lowest BCUT2D eigenvalue weighted by Crippen LogP contribution is -2.38. The number of amides is 1. The monoisotopic (exact) mass is 349 g/mol. The van der Waals surface area contributed by atoms with Gasteiger partial charge < -0.3 is 0 Å². The van der Waals surface area contributed by atoms with E-state index < -0.39 is 0 Å². The van der Waals surface area contributed by atoms with Gasteiger partial charge in [-0.15, -0.1) is 0 Å². The van der Waals surface area contributed by atoms with Crippen LogP contribution in [-0.4, -0.2) is 22.2 Å². The predicted molar refractivity (Wildman–Crippen MR) is 99.2 cm³/mol. The number of carbonyl (C=O) groups excluding carboxylic acids is 1. The quantitative estimate of drug-likeness (QED) is 0.710. The summed E-state index contributed by atoms with van der Waals surface area (Å²) in [6.07, 6.45) is 0.369. The summed E-state index contributed by atoms with van der Waals surface area (Å²) in [5.74, 6) is 0.495. The number of benzene rings is 2. The lowest BCUT2D eigenvalue weighted by molar-refractivity contribution is -0.119. The molecule has 0 N–H and O–H groups in total. The van der Waals surface area contributed by atoms with Gasteiger partial charge in [-0.3, -0.25) is 9.69 Å². The Morgan fingerprint density at radius 3 is 2.46 bits per heavy atom. The molecule has 0 spiro atoms. The number of hydrogen-bond donors (Lipinski definition) is 0. The molecule has 4 nitrogen and oxygen atoms in total. The third-order valence-electron chi connectivity index (χ3n) is 4.95. The van der Waals surface area contributed by atoms with Crippen molar-refractivity contribution >= 4 is 11.7 Å². The normalized spacial score (nSPS) is 16.7. The summed E-state index contributed by atoms with van der Waals surface area (Å²) >= 11 is 0. The van der Waals surface area contributed by atoms with Crippen LogP contribution in [-0.2, 0) is 4.79 Å². The molecule has 0 bridgehead atoms. The number of halogens is 1. The van der Waals surface area contributed by atoms with Gasteiger partial charge in [-0.25, -0.2) is 9.07 Å². The van der Waals surface area contributed by atoms with E-state index in [2.05, 4.69) is 0 Å². The Balaban J connectivity index is 1.93. The minimum absolute atomic E-state index is 0.0615. The largest absolute Gasteiger partial charge is 0.297 e. The van der Waals surface area contributed by atoms with Gasteiger partial charge in [-0.1, -0.05) is 30.3 Å². The molecule has 26 heavy (non-hydrogen) atoms. The van der Waals surface area contributed by atoms with Gasteiger partial charge in [0.1, 0.15) is 11.6 Å². The van der Waals surface area contributed by atoms with Crippen molar-refractivity contribution < 1.29 is 9.18 Å². The van der Waals surface area contributed by atoms with Gasteiger partial charge in [0.15, 0.2) is 0 Å². The molecule has 1 aliphatic heterocycles. The molecule has 1 amide bonds. The second-order valence-corrected chi connectivity index (χ2v) is 6.52. The van der Waals surface area contributed by atoms with E-state index >= 15 is 0 Å². The number of fused-ring (bicyclic) bond motifs is 1. The number of hydrogen-bond acceptors (Lipinski definition) is 2. The average Bonchev–Trinajstić information content (AvgIpc) is 3.00. The molecule has 2 aromatic carbocycles. The number of anilines is 1. The lowest BCUT2D eigenvalue weighted by Gasteiger charge is -2.32. The predicted octanol–water partition coefficient (Wildman–Crippen LogP) is 4.21. The van der Waals surface area contributed by atoms with Crippen LogP contribution in [0, 0.1) is 12.7 Å². The molecule has 1 aliphatic rings. The van der Waals surface area contributed by atoms with Crippen molar-refractivity contribution in [3.8, 4) is 5.69 Å². The molecular weight excluding hydrogens is 329 g/mol. The Morgan fingerprint density at radius 2 is 1.81 bits per heavy atom. The highest BCUT2D eigenvalue weighted by atomic mass is 19.1. The van der Waals surface area contributed by atoms with Crippen LogP contribution in [0.1, 0.15) is 36.1 Å². The highest BCUT2D eigenvalue weighted by Gasteiger charge is 2.37. The Bertz CT molecular complexity index is 947. The van der Waals surface area contributed by atoms with Gasteiger partial charge in [0.25, 0.3) is 0 Å². The lowest BCUT2D eigenvalue weighted by atomic mass is 9.85. The molecule has 4 rings (SSSR count). The van der Waals surface area contributed by atoms with E-state index in [9.17, 15) is 9.18 Å². The van der Waals surface area contributed by atoms with Crippen LogP contribution >= 0.6 is 0 Å². The molecule has 132 valence electrons. The minimum atomic E-state index is -0.275. The molecule has 0 aliphatic carbocycles. The Labute approximate surface area is 151 Å². The van der Waals surface area contributed by atoms with Gasteiger partial charge in [-0.05, 0) is 43.7 Å². The number of carbonyl (C=O) groups is 1. The Hall–Kier alpha value is -2.95. The fourth-order valence-electron chi connectivity index (χ4n) is 3.75. The van der Waals surface area contributed by atoms with E-state index in [1.165, 1.54) is 12.1 Å². The van der Waals surface area contributed by atoms with Crippen molar-refractivity contribution in [2.24, 2.45) is 0 Å². The second-order valence-electron chi connectivity index (χ2n) is 6.52. The van der Waals surface area contributed by atoms with Crippen molar-refractivity contribution in [1.29, 1.82) is 0 Å². The summed E-state index contributed by atoms with van der Waals surface area (Å²) in [6, 6.07) is 16.2. The van der Waals surface area contributed by atoms with Crippen LogP contribution in [0.5, 0.6) is 0 Å². The van der Waals surface area contributed by atoms with E-state index in [1.807, 2.05) is 48.9 Å². The smallest absolute Gasteiger partial charge is 0.229 e. The van der Waals surface area contributed by atoms with Gasteiger partial charge in [0.2, 0.25) is 5.91 Å². The molecule has 1 atom stereocenters. The summed E-state index contributed by atoms with van der Waals surface area (Å²) in [4.78, 5) is 14.6. The molecule has 0 saturated carbocycles. The number of aryl methyl sites for hydroxylation is 1. The SMILES string of the molecule is CCN1C(=O)C[C@@H](c2ccc(F)cc2)c2c(C)nn(-c3ccccc3)c21. The van der Waals surface area contributed by atoms with E-state index in [1.54, 1.807) is 17.0 Å². The number of nitrogens with zero attached hydrogens (tertiary/aromatic N) is 3. The Kier molecular flexibility index (Phi) is 4.07. The molecule has 5 heteroatoms. The molecule has 0 fully saturated rings. The summed E-state index contributed by atoms with van der Waals surface area (Å²) in [5, 5.41) is 4.74. The molecule has 2 heterocycles. The maximum atomic E-state index is 13.4.